The highest BCUT2D eigenvalue weighted by atomic mass is 16.1. The van der Waals surface area contributed by atoms with Crippen molar-refractivity contribution in [2.45, 2.75) is 6.42 Å². The van der Waals surface area contributed by atoms with Gasteiger partial charge in [0.25, 0.3) is 0 Å². The fraction of sp³-hybridized carbons (Fsp3) is 0.0769. The zero-order valence-corrected chi connectivity index (χ0v) is 8.60. The van der Waals surface area contributed by atoms with Gasteiger partial charge in [0.15, 0.2) is 5.43 Å². The summed E-state index contributed by atoms with van der Waals surface area (Å²) in [5.41, 5.74) is 2.09. The number of rotatable bonds is 2. The molecule has 1 aromatic carbocycles. The van der Waals surface area contributed by atoms with Crippen LogP contribution in [0.5, 0.6) is 0 Å². The lowest BCUT2D eigenvalue weighted by Crippen LogP contribution is -2.06. The van der Waals surface area contributed by atoms with Crippen molar-refractivity contribution in [3.63, 3.8) is 0 Å². The highest BCUT2D eigenvalue weighted by molar-refractivity contribution is 5.62. The maximum absolute atomic E-state index is 11.8. The zero-order chi connectivity index (χ0) is 11.4. The summed E-state index contributed by atoms with van der Waals surface area (Å²) in [6.07, 6.45) is 1.88. The fourth-order valence-corrected chi connectivity index (χ4v) is 1.54. The SMILES string of the molecule is N#CCc1cc(=O)c(-c2ccccc2)c[nH]1. The van der Waals surface area contributed by atoms with Crippen molar-refractivity contribution in [1.29, 1.82) is 5.26 Å². The molecule has 2 rings (SSSR count). The molecule has 0 amide bonds. The van der Waals surface area contributed by atoms with E-state index in [-0.39, 0.29) is 11.8 Å². The Labute approximate surface area is 93.0 Å². The Hall–Kier alpha value is -2.34. The van der Waals surface area contributed by atoms with Crippen LogP contribution in [-0.2, 0) is 6.42 Å². The molecule has 0 saturated carbocycles. The average molecular weight is 210 g/mol. The van der Waals surface area contributed by atoms with Crippen molar-refractivity contribution in [2.24, 2.45) is 0 Å². The van der Waals surface area contributed by atoms with Gasteiger partial charge in [-0.05, 0) is 5.56 Å². The van der Waals surface area contributed by atoms with Crippen molar-refractivity contribution in [3.8, 4) is 17.2 Å². The molecule has 78 valence electrons. The Morgan fingerprint density at radius 1 is 1.25 bits per heavy atom. The van der Waals surface area contributed by atoms with Crippen LogP contribution < -0.4 is 5.43 Å². The predicted molar refractivity (Wildman–Crippen MR) is 61.8 cm³/mol. The first kappa shape index (κ1) is 10.2. The molecule has 0 spiro atoms. The number of nitriles is 1. The molecule has 0 fully saturated rings. The molecule has 1 aromatic heterocycles. The molecule has 1 N–H and O–H groups in total. The minimum absolute atomic E-state index is 0.0600. The zero-order valence-electron chi connectivity index (χ0n) is 8.60. The Morgan fingerprint density at radius 2 is 2.00 bits per heavy atom. The molecule has 0 atom stereocenters. The number of aromatic amines is 1. The quantitative estimate of drug-likeness (QED) is 0.825. The van der Waals surface area contributed by atoms with Crippen molar-refractivity contribution in [2.75, 3.05) is 0 Å². The van der Waals surface area contributed by atoms with Gasteiger partial charge in [-0.1, -0.05) is 30.3 Å². The molecular weight excluding hydrogens is 200 g/mol. The van der Waals surface area contributed by atoms with Crippen LogP contribution in [0.25, 0.3) is 11.1 Å². The van der Waals surface area contributed by atoms with E-state index in [0.29, 0.717) is 11.3 Å². The van der Waals surface area contributed by atoms with Crippen LogP contribution in [0.4, 0.5) is 0 Å². The van der Waals surface area contributed by atoms with E-state index in [1.165, 1.54) is 6.07 Å². The molecule has 1 heterocycles. The van der Waals surface area contributed by atoms with Gasteiger partial charge in [0, 0.05) is 23.5 Å². The van der Waals surface area contributed by atoms with Crippen LogP contribution in [-0.4, -0.2) is 4.98 Å². The van der Waals surface area contributed by atoms with E-state index in [9.17, 15) is 4.79 Å². The van der Waals surface area contributed by atoms with E-state index in [4.69, 9.17) is 5.26 Å². The Bertz CT molecular complexity index is 579. The van der Waals surface area contributed by atoms with Crippen LogP contribution in [0.2, 0.25) is 0 Å². The van der Waals surface area contributed by atoms with Crippen LogP contribution >= 0.6 is 0 Å². The molecule has 2 aromatic rings. The minimum atomic E-state index is -0.0600. The van der Waals surface area contributed by atoms with Crippen molar-refractivity contribution in [3.05, 3.63) is 58.5 Å². The first-order valence-corrected chi connectivity index (χ1v) is 4.95. The maximum Gasteiger partial charge on any atom is 0.189 e. The summed E-state index contributed by atoms with van der Waals surface area (Å²) in [6.45, 7) is 0. The Kier molecular flexibility index (Phi) is 2.84. The molecule has 0 aliphatic rings. The number of nitrogens with one attached hydrogen (secondary N) is 1. The summed E-state index contributed by atoms with van der Waals surface area (Å²) in [7, 11) is 0. The second-order valence-corrected chi connectivity index (χ2v) is 3.44. The topological polar surface area (TPSA) is 56.6 Å². The molecule has 3 heteroatoms. The number of hydrogen-bond acceptors (Lipinski definition) is 2. The van der Waals surface area contributed by atoms with E-state index in [1.54, 1.807) is 6.20 Å². The average Bonchev–Trinajstić information content (AvgIpc) is 2.31. The van der Waals surface area contributed by atoms with Gasteiger partial charge in [-0.15, -0.1) is 0 Å². The third-order valence-corrected chi connectivity index (χ3v) is 2.33. The second-order valence-electron chi connectivity index (χ2n) is 3.44. The highest BCUT2D eigenvalue weighted by Gasteiger charge is 2.03. The van der Waals surface area contributed by atoms with Gasteiger partial charge in [0.2, 0.25) is 0 Å². The molecule has 0 unspecified atom stereocenters. The van der Waals surface area contributed by atoms with Crippen LogP contribution in [0.3, 0.4) is 0 Å². The van der Waals surface area contributed by atoms with Gasteiger partial charge in [0.05, 0.1) is 12.5 Å². The smallest absolute Gasteiger partial charge is 0.189 e. The molecule has 0 aliphatic heterocycles. The minimum Gasteiger partial charge on any atom is -0.363 e. The van der Waals surface area contributed by atoms with E-state index in [2.05, 4.69) is 4.98 Å². The first-order valence-electron chi connectivity index (χ1n) is 4.95. The molecular formula is C13H10N2O. The van der Waals surface area contributed by atoms with E-state index in [0.717, 1.165) is 5.56 Å². The number of benzene rings is 1. The Balaban J connectivity index is 2.46. The van der Waals surface area contributed by atoms with E-state index >= 15 is 0 Å². The molecule has 0 saturated heterocycles. The monoisotopic (exact) mass is 210 g/mol. The normalized spacial score (nSPS) is 9.69. The summed E-state index contributed by atoms with van der Waals surface area (Å²) in [6, 6.07) is 12.9. The maximum atomic E-state index is 11.8. The van der Waals surface area contributed by atoms with Crippen molar-refractivity contribution in [1.82, 2.24) is 4.98 Å². The molecule has 0 bridgehead atoms. The largest absolute Gasteiger partial charge is 0.363 e. The lowest BCUT2D eigenvalue weighted by molar-refractivity contribution is 1.11. The molecule has 3 nitrogen and oxygen atoms in total. The second kappa shape index (κ2) is 4.45. The van der Waals surface area contributed by atoms with Gasteiger partial charge in [-0.2, -0.15) is 5.26 Å². The summed E-state index contributed by atoms with van der Waals surface area (Å²) in [5.74, 6) is 0. The van der Waals surface area contributed by atoms with Gasteiger partial charge >= 0.3 is 0 Å². The number of H-pyrrole nitrogens is 1. The van der Waals surface area contributed by atoms with Gasteiger partial charge in [0.1, 0.15) is 0 Å². The highest BCUT2D eigenvalue weighted by Crippen LogP contribution is 2.13. The Morgan fingerprint density at radius 3 is 2.62 bits per heavy atom. The third kappa shape index (κ3) is 2.01. The van der Waals surface area contributed by atoms with Crippen molar-refractivity contribution < 1.29 is 0 Å². The summed E-state index contributed by atoms with van der Waals surface area (Å²) in [5, 5.41) is 8.52. The fourth-order valence-electron chi connectivity index (χ4n) is 1.54. The lowest BCUT2D eigenvalue weighted by Gasteiger charge is -2.01. The van der Waals surface area contributed by atoms with Crippen LogP contribution in [0, 0.1) is 11.3 Å². The molecule has 0 radical (unpaired) electrons. The number of nitrogens with zero attached hydrogens (tertiary/aromatic N) is 1. The van der Waals surface area contributed by atoms with Crippen LogP contribution in [0.1, 0.15) is 5.69 Å². The number of aromatic nitrogens is 1. The van der Waals surface area contributed by atoms with E-state index < -0.39 is 0 Å². The van der Waals surface area contributed by atoms with Gasteiger partial charge in [-0.25, -0.2) is 0 Å². The number of hydrogen-bond donors (Lipinski definition) is 1. The van der Waals surface area contributed by atoms with Gasteiger partial charge in [-0.3, -0.25) is 4.79 Å². The summed E-state index contributed by atoms with van der Waals surface area (Å²) >= 11 is 0. The molecule has 0 aliphatic carbocycles. The summed E-state index contributed by atoms with van der Waals surface area (Å²) in [4.78, 5) is 14.7. The molecule has 16 heavy (non-hydrogen) atoms. The van der Waals surface area contributed by atoms with Crippen molar-refractivity contribution >= 4 is 0 Å². The van der Waals surface area contributed by atoms with Crippen LogP contribution in [0.15, 0.2) is 47.4 Å². The predicted octanol–water partition coefficient (Wildman–Crippen LogP) is 2.11. The first-order chi connectivity index (χ1) is 7.81. The van der Waals surface area contributed by atoms with E-state index in [1.807, 2.05) is 36.4 Å². The number of pyridine rings is 1. The lowest BCUT2D eigenvalue weighted by atomic mass is 10.1. The standard InChI is InChI=1S/C13H10N2O/c14-7-6-11-8-13(16)12(9-15-11)10-4-2-1-3-5-10/h1-5,8-9H,6H2,(H,15,16). The third-order valence-electron chi connectivity index (χ3n) is 2.33. The summed E-state index contributed by atoms with van der Waals surface area (Å²) < 4.78 is 0. The van der Waals surface area contributed by atoms with Gasteiger partial charge < -0.3 is 4.98 Å².